The van der Waals surface area contributed by atoms with Gasteiger partial charge in [0.1, 0.15) is 0 Å². The zero-order valence-electron chi connectivity index (χ0n) is 8.56. The fourth-order valence-corrected chi connectivity index (χ4v) is 1.69. The third-order valence-corrected chi connectivity index (χ3v) is 2.30. The number of aliphatic carboxylic acids is 2. The summed E-state index contributed by atoms with van der Waals surface area (Å²) in [7, 11) is 0. The molecule has 0 unspecified atom stereocenters. The van der Waals surface area contributed by atoms with Gasteiger partial charge in [-0.3, -0.25) is 0 Å². The van der Waals surface area contributed by atoms with Crippen LogP contribution >= 0.6 is 11.3 Å². The van der Waals surface area contributed by atoms with Crippen LogP contribution in [0.1, 0.15) is 17.9 Å². The van der Waals surface area contributed by atoms with Crippen LogP contribution in [-0.4, -0.2) is 11.9 Å². The van der Waals surface area contributed by atoms with E-state index >= 15 is 0 Å². The van der Waals surface area contributed by atoms with E-state index in [1.165, 1.54) is 11.3 Å². The predicted octanol–water partition coefficient (Wildman–Crippen LogP) is -7.27. The van der Waals surface area contributed by atoms with Crippen molar-refractivity contribution < 1.29 is 78.9 Å². The van der Waals surface area contributed by atoms with Gasteiger partial charge in [-0.05, 0) is 28.8 Å². The molecule has 70 valence electrons. The van der Waals surface area contributed by atoms with Crippen molar-refractivity contribution in [3.63, 3.8) is 0 Å². The zero-order chi connectivity index (χ0) is 9.84. The first kappa shape index (κ1) is 18.0. The van der Waals surface area contributed by atoms with E-state index in [1.54, 1.807) is 16.8 Å². The minimum absolute atomic E-state index is 0. The minimum atomic E-state index is -1.39. The Morgan fingerprint density at radius 3 is 2.27 bits per heavy atom. The van der Waals surface area contributed by atoms with Crippen LogP contribution in [0.5, 0.6) is 0 Å². The molecule has 0 saturated heterocycles. The molecule has 0 saturated carbocycles. The maximum absolute atomic E-state index is 10.5. The van der Waals surface area contributed by atoms with Crippen LogP contribution in [0.15, 0.2) is 16.8 Å². The molecule has 0 bridgehead atoms. The Morgan fingerprint density at radius 1 is 1.33 bits per heavy atom. The monoisotopic (exact) mass is 244 g/mol. The van der Waals surface area contributed by atoms with Gasteiger partial charge in [-0.15, -0.1) is 0 Å². The van der Waals surface area contributed by atoms with E-state index in [-0.39, 0.29) is 59.1 Å². The molecule has 0 aliphatic heterocycles. The van der Waals surface area contributed by atoms with Gasteiger partial charge in [-0.1, -0.05) is 0 Å². The fraction of sp³-hybridized carbons (Fsp3) is 0.250. The van der Waals surface area contributed by atoms with E-state index in [4.69, 9.17) is 0 Å². The second-order valence-corrected chi connectivity index (χ2v) is 3.28. The van der Waals surface area contributed by atoms with Crippen LogP contribution in [0.2, 0.25) is 0 Å². The second kappa shape index (κ2) is 8.75. The summed E-state index contributed by atoms with van der Waals surface area (Å²) in [5.41, 5.74) is 0.453. The summed E-state index contributed by atoms with van der Waals surface area (Å²) < 4.78 is 0. The van der Waals surface area contributed by atoms with E-state index in [0.717, 1.165) is 0 Å². The molecule has 0 spiro atoms. The standard InChI is InChI=1S/C8H8O4S.2Na/c9-7(10)3-6(8(11)12)5-1-2-13-4-5;;/h1-2,4,6H,3H2,(H,9,10)(H,11,12);;/q;2*+1/p-2/t6-;;/m1../s1. The van der Waals surface area contributed by atoms with Gasteiger partial charge in [-0.25, -0.2) is 0 Å². The minimum Gasteiger partial charge on any atom is -0.550 e. The van der Waals surface area contributed by atoms with Gasteiger partial charge < -0.3 is 19.8 Å². The van der Waals surface area contributed by atoms with Crippen molar-refractivity contribution in [1.82, 2.24) is 0 Å². The molecule has 1 atom stereocenters. The molecular formula is C8H6Na2O4S. The average Bonchev–Trinajstić information content (AvgIpc) is 2.50. The molecular weight excluding hydrogens is 238 g/mol. The van der Waals surface area contributed by atoms with E-state index in [1.807, 2.05) is 0 Å². The van der Waals surface area contributed by atoms with Crippen molar-refractivity contribution >= 4 is 23.3 Å². The van der Waals surface area contributed by atoms with Gasteiger partial charge in [0.25, 0.3) is 0 Å². The topological polar surface area (TPSA) is 80.3 Å². The SMILES string of the molecule is O=C([O-])C[C@@H](C(=O)[O-])c1ccsc1.[Na+].[Na+]. The van der Waals surface area contributed by atoms with Gasteiger partial charge in [0.15, 0.2) is 0 Å². The van der Waals surface area contributed by atoms with Crippen molar-refractivity contribution in [3.05, 3.63) is 22.4 Å². The fourth-order valence-electron chi connectivity index (χ4n) is 0.977. The molecule has 0 aromatic carbocycles. The Balaban J connectivity index is 0. The normalized spacial score (nSPS) is 10.7. The smallest absolute Gasteiger partial charge is 0.550 e. The first-order chi connectivity index (χ1) is 6.11. The Hall–Kier alpha value is 0.640. The molecule has 0 aliphatic carbocycles. The van der Waals surface area contributed by atoms with Crippen molar-refractivity contribution in [1.29, 1.82) is 0 Å². The first-order valence-corrected chi connectivity index (χ1v) is 4.48. The summed E-state index contributed by atoms with van der Waals surface area (Å²) >= 11 is 1.31. The summed E-state index contributed by atoms with van der Waals surface area (Å²) in [6, 6.07) is 1.56. The summed E-state index contributed by atoms with van der Waals surface area (Å²) in [5, 5.41) is 24.0. The zero-order valence-corrected chi connectivity index (χ0v) is 13.4. The van der Waals surface area contributed by atoms with Crippen LogP contribution in [0, 0.1) is 0 Å². The molecule has 1 aromatic heterocycles. The maximum atomic E-state index is 10.5. The van der Waals surface area contributed by atoms with Gasteiger partial charge in [0.05, 0.1) is 0 Å². The quantitative estimate of drug-likeness (QED) is 0.493. The number of carbonyl (C=O) groups is 2. The molecule has 0 radical (unpaired) electrons. The molecule has 0 amide bonds. The van der Waals surface area contributed by atoms with Crippen molar-refractivity contribution in [2.24, 2.45) is 0 Å². The van der Waals surface area contributed by atoms with Gasteiger partial charge >= 0.3 is 59.1 Å². The van der Waals surface area contributed by atoms with E-state index in [9.17, 15) is 19.8 Å². The third-order valence-electron chi connectivity index (χ3n) is 1.60. The van der Waals surface area contributed by atoms with Crippen LogP contribution in [0.4, 0.5) is 0 Å². The summed E-state index contributed by atoms with van der Waals surface area (Å²) in [5.74, 6) is -3.88. The Labute approximate surface area is 135 Å². The number of hydrogen-bond acceptors (Lipinski definition) is 5. The molecule has 7 heteroatoms. The second-order valence-electron chi connectivity index (χ2n) is 2.50. The molecule has 0 N–H and O–H groups in total. The largest absolute Gasteiger partial charge is 1.00 e. The van der Waals surface area contributed by atoms with Crippen LogP contribution in [-0.2, 0) is 9.59 Å². The Bertz CT molecular complexity index is 312. The van der Waals surface area contributed by atoms with Gasteiger partial charge in [0.2, 0.25) is 0 Å². The predicted molar refractivity (Wildman–Crippen MR) is 41.7 cm³/mol. The number of carboxylic acids is 2. The molecule has 0 aliphatic rings. The average molecular weight is 244 g/mol. The molecule has 1 rings (SSSR count). The van der Waals surface area contributed by atoms with Crippen molar-refractivity contribution in [2.45, 2.75) is 12.3 Å². The van der Waals surface area contributed by atoms with E-state index in [0.29, 0.717) is 5.56 Å². The summed E-state index contributed by atoms with van der Waals surface area (Å²) in [4.78, 5) is 20.7. The Morgan fingerprint density at radius 2 is 1.93 bits per heavy atom. The number of carboxylic acid groups (broad SMARTS) is 2. The van der Waals surface area contributed by atoms with Crippen molar-refractivity contribution in [3.8, 4) is 0 Å². The van der Waals surface area contributed by atoms with Crippen molar-refractivity contribution in [2.75, 3.05) is 0 Å². The molecule has 15 heavy (non-hydrogen) atoms. The first-order valence-electron chi connectivity index (χ1n) is 3.54. The van der Waals surface area contributed by atoms with Crippen LogP contribution in [0.25, 0.3) is 0 Å². The Kier molecular flexibility index (Phi) is 10.5. The third kappa shape index (κ3) is 6.06. The van der Waals surface area contributed by atoms with E-state index < -0.39 is 24.3 Å². The number of thiophene rings is 1. The maximum Gasteiger partial charge on any atom is 1.00 e. The van der Waals surface area contributed by atoms with Crippen LogP contribution in [0.3, 0.4) is 0 Å². The molecule has 0 fully saturated rings. The van der Waals surface area contributed by atoms with E-state index in [2.05, 4.69) is 0 Å². The molecule has 1 aromatic rings. The number of hydrogen-bond donors (Lipinski definition) is 0. The van der Waals surface area contributed by atoms with Gasteiger partial charge in [-0.2, -0.15) is 11.3 Å². The van der Waals surface area contributed by atoms with Crippen LogP contribution < -0.4 is 69.3 Å². The number of carbonyl (C=O) groups excluding carboxylic acids is 2. The summed E-state index contributed by atoms with van der Waals surface area (Å²) in [6.07, 6.45) is -0.543. The number of rotatable bonds is 4. The molecule has 1 heterocycles. The summed E-state index contributed by atoms with van der Waals surface area (Å²) in [6.45, 7) is 0. The van der Waals surface area contributed by atoms with Gasteiger partial charge in [0, 0.05) is 17.9 Å². The molecule has 4 nitrogen and oxygen atoms in total.